The summed E-state index contributed by atoms with van der Waals surface area (Å²) >= 11 is 0. The molecule has 0 unspecified atom stereocenters. The maximum atomic E-state index is 12.8. The van der Waals surface area contributed by atoms with E-state index in [1.165, 1.54) is 4.68 Å². The molecule has 3 aromatic rings. The van der Waals surface area contributed by atoms with Crippen LogP contribution in [0.4, 0.5) is 5.69 Å². The molecule has 31 heavy (non-hydrogen) atoms. The largest absolute Gasteiger partial charge is 0.354 e. The lowest BCUT2D eigenvalue weighted by Gasteiger charge is -2.23. The number of rotatable bonds is 7. The molecule has 1 N–H and O–H groups in total. The maximum absolute atomic E-state index is 12.8. The average molecular weight is 442 g/mol. The summed E-state index contributed by atoms with van der Waals surface area (Å²) in [5.74, 6) is 0.323. The smallest absolute Gasteiger partial charge is 0.270 e. The van der Waals surface area contributed by atoms with Gasteiger partial charge in [-0.3, -0.25) is 9.10 Å². The van der Waals surface area contributed by atoms with Crippen molar-refractivity contribution < 1.29 is 18.0 Å². The summed E-state index contributed by atoms with van der Waals surface area (Å²) < 4.78 is 27.4. The molecule has 0 spiro atoms. The monoisotopic (exact) mass is 441 g/mol. The topological polar surface area (TPSA) is 114 Å². The van der Waals surface area contributed by atoms with E-state index in [1.807, 2.05) is 19.1 Å². The standard InChI is InChI=1S/C21H23N5O4S/c1-13-4-7-19(23-12-13)26-20(21(28)22-2)16-10-15(14-5-6-14)18(11-17(16)24-26)25(8-9-27)31(3,29)30/h4,7,9-12,14H,5-6,8H2,1-3H3,(H,22,28). The molecule has 1 amide bonds. The molecule has 2 aromatic heterocycles. The molecule has 2 heterocycles. The summed E-state index contributed by atoms with van der Waals surface area (Å²) in [7, 11) is -2.14. The number of fused-ring (bicyclic) bond motifs is 1. The average Bonchev–Trinajstić information content (AvgIpc) is 3.51. The van der Waals surface area contributed by atoms with Gasteiger partial charge < -0.3 is 10.1 Å². The van der Waals surface area contributed by atoms with E-state index in [9.17, 15) is 18.0 Å². The van der Waals surface area contributed by atoms with Crippen LogP contribution in [0.3, 0.4) is 0 Å². The van der Waals surface area contributed by atoms with Crippen molar-refractivity contribution in [3.8, 4) is 5.82 Å². The minimum absolute atomic E-state index is 0.175. The zero-order valence-corrected chi connectivity index (χ0v) is 18.3. The van der Waals surface area contributed by atoms with Crippen molar-refractivity contribution in [2.45, 2.75) is 25.7 Å². The molecule has 1 aliphatic carbocycles. The number of hydrogen-bond donors (Lipinski definition) is 1. The zero-order valence-electron chi connectivity index (χ0n) is 17.5. The highest BCUT2D eigenvalue weighted by atomic mass is 32.2. The van der Waals surface area contributed by atoms with Crippen molar-refractivity contribution in [1.82, 2.24) is 20.1 Å². The normalized spacial score (nSPS) is 13.9. The van der Waals surface area contributed by atoms with E-state index >= 15 is 0 Å². The van der Waals surface area contributed by atoms with Crippen LogP contribution in [0.5, 0.6) is 0 Å². The van der Waals surface area contributed by atoms with Gasteiger partial charge in [0.25, 0.3) is 5.91 Å². The van der Waals surface area contributed by atoms with E-state index in [2.05, 4.69) is 15.4 Å². The lowest BCUT2D eigenvalue weighted by Crippen LogP contribution is -2.32. The van der Waals surface area contributed by atoms with Gasteiger partial charge in [-0.25, -0.2) is 18.1 Å². The van der Waals surface area contributed by atoms with Crippen molar-refractivity contribution in [2.24, 2.45) is 0 Å². The number of aryl methyl sites for hydroxylation is 1. The number of nitrogens with zero attached hydrogens (tertiary/aromatic N) is 4. The van der Waals surface area contributed by atoms with E-state index in [0.717, 1.165) is 34.5 Å². The molecule has 1 fully saturated rings. The molecule has 0 bridgehead atoms. The molecule has 1 aliphatic rings. The summed E-state index contributed by atoms with van der Waals surface area (Å²) in [5.41, 5.74) is 2.96. The predicted molar refractivity (Wildman–Crippen MR) is 117 cm³/mol. The Hall–Kier alpha value is -3.27. The summed E-state index contributed by atoms with van der Waals surface area (Å²) in [4.78, 5) is 28.4. The number of pyridine rings is 1. The van der Waals surface area contributed by atoms with Crippen LogP contribution in [0.25, 0.3) is 16.7 Å². The minimum atomic E-state index is -3.68. The Bertz CT molecular complexity index is 1280. The lowest BCUT2D eigenvalue weighted by molar-refractivity contribution is -0.106. The first kappa shape index (κ1) is 21.0. The van der Waals surface area contributed by atoms with E-state index in [1.54, 1.807) is 25.4 Å². The first-order valence-electron chi connectivity index (χ1n) is 9.87. The number of amides is 1. The summed E-state index contributed by atoms with van der Waals surface area (Å²) in [5, 5.41) is 7.82. The molecule has 162 valence electrons. The number of nitrogens with one attached hydrogen (secondary N) is 1. The summed E-state index contributed by atoms with van der Waals surface area (Å²) in [6.45, 7) is 1.63. The second kappa shape index (κ2) is 7.77. The third-order valence-electron chi connectivity index (χ3n) is 5.30. The van der Waals surface area contributed by atoms with E-state index in [-0.39, 0.29) is 18.4 Å². The molecular weight excluding hydrogens is 418 g/mol. The van der Waals surface area contributed by atoms with Crippen LogP contribution in [-0.2, 0) is 14.8 Å². The SMILES string of the molecule is CNC(=O)c1c2cc(C3CC3)c(N(CC=O)S(C)(=O)=O)cc2nn1-c1ccc(C)cn1. The molecule has 0 radical (unpaired) electrons. The van der Waals surface area contributed by atoms with Crippen molar-refractivity contribution in [3.63, 3.8) is 0 Å². The summed E-state index contributed by atoms with van der Waals surface area (Å²) in [6, 6.07) is 7.11. The predicted octanol–water partition coefficient (Wildman–Crippen LogP) is 1.93. The van der Waals surface area contributed by atoms with Crippen LogP contribution < -0.4 is 9.62 Å². The third-order valence-corrected chi connectivity index (χ3v) is 6.45. The Labute approximate surface area is 180 Å². The molecule has 1 aromatic carbocycles. The lowest BCUT2D eigenvalue weighted by atomic mass is 10.0. The van der Waals surface area contributed by atoms with E-state index in [0.29, 0.717) is 34.4 Å². The Morgan fingerprint density at radius 2 is 2.06 bits per heavy atom. The van der Waals surface area contributed by atoms with Gasteiger partial charge in [-0.1, -0.05) is 6.07 Å². The quantitative estimate of drug-likeness (QED) is 0.561. The van der Waals surface area contributed by atoms with Crippen LogP contribution >= 0.6 is 0 Å². The van der Waals surface area contributed by atoms with Gasteiger partial charge in [-0.15, -0.1) is 0 Å². The van der Waals surface area contributed by atoms with Crippen molar-refractivity contribution in [3.05, 3.63) is 47.3 Å². The highest BCUT2D eigenvalue weighted by Crippen LogP contribution is 2.46. The molecule has 0 atom stereocenters. The fraction of sp³-hybridized carbons (Fsp3) is 0.333. The van der Waals surface area contributed by atoms with Gasteiger partial charge in [0.1, 0.15) is 12.0 Å². The highest BCUT2D eigenvalue weighted by Gasteiger charge is 2.32. The third kappa shape index (κ3) is 3.90. The second-order valence-corrected chi connectivity index (χ2v) is 9.60. The number of aromatic nitrogens is 3. The Morgan fingerprint density at radius 1 is 1.32 bits per heavy atom. The number of sulfonamides is 1. The molecule has 10 heteroatoms. The van der Waals surface area contributed by atoms with Gasteiger partial charge in [-0.2, -0.15) is 5.10 Å². The van der Waals surface area contributed by atoms with Gasteiger partial charge in [0.05, 0.1) is 24.0 Å². The number of carbonyl (C=O) groups is 2. The molecule has 0 aliphatic heterocycles. The minimum Gasteiger partial charge on any atom is -0.354 e. The first-order valence-corrected chi connectivity index (χ1v) is 11.7. The van der Waals surface area contributed by atoms with Crippen molar-refractivity contribution >= 4 is 38.8 Å². The summed E-state index contributed by atoms with van der Waals surface area (Å²) in [6.07, 6.45) is 5.15. The number of aldehydes is 1. The molecule has 0 saturated heterocycles. The first-order chi connectivity index (χ1) is 14.7. The van der Waals surface area contributed by atoms with Crippen LogP contribution in [0.15, 0.2) is 30.5 Å². The zero-order chi connectivity index (χ0) is 22.3. The van der Waals surface area contributed by atoms with Crippen molar-refractivity contribution in [2.75, 3.05) is 24.2 Å². The van der Waals surface area contributed by atoms with Gasteiger partial charge >= 0.3 is 0 Å². The Balaban J connectivity index is 2.01. The number of benzene rings is 1. The van der Waals surface area contributed by atoms with Gasteiger partial charge in [0.2, 0.25) is 10.0 Å². The Morgan fingerprint density at radius 3 is 2.61 bits per heavy atom. The molecule has 4 rings (SSSR count). The van der Waals surface area contributed by atoms with Crippen LogP contribution in [0.2, 0.25) is 0 Å². The molecule has 1 saturated carbocycles. The van der Waals surface area contributed by atoms with Crippen molar-refractivity contribution in [1.29, 1.82) is 0 Å². The number of carbonyl (C=O) groups excluding carboxylic acids is 2. The van der Waals surface area contributed by atoms with E-state index in [4.69, 9.17) is 0 Å². The molecular formula is C21H23N5O4S. The fourth-order valence-electron chi connectivity index (χ4n) is 3.64. The fourth-order valence-corrected chi connectivity index (χ4v) is 4.49. The molecule has 9 nitrogen and oxygen atoms in total. The van der Waals surface area contributed by atoms with Gasteiger partial charge in [-0.05, 0) is 55.0 Å². The van der Waals surface area contributed by atoms with Gasteiger partial charge in [0.15, 0.2) is 5.82 Å². The van der Waals surface area contributed by atoms with Crippen LogP contribution in [0.1, 0.15) is 40.4 Å². The van der Waals surface area contributed by atoms with Crippen LogP contribution in [-0.4, -0.2) is 55.2 Å². The number of hydrogen-bond acceptors (Lipinski definition) is 6. The van der Waals surface area contributed by atoms with Crippen LogP contribution in [0, 0.1) is 6.92 Å². The second-order valence-electron chi connectivity index (χ2n) is 7.70. The number of anilines is 1. The Kier molecular flexibility index (Phi) is 5.26. The highest BCUT2D eigenvalue weighted by molar-refractivity contribution is 7.92. The van der Waals surface area contributed by atoms with Gasteiger partial charge in [0, 0.05) is 18.6 Å². The maximum Gasteiger partial charge on any atom is 0.270 e. The van der Waals surface area contributed by atoms with E-state index < -0.39 is 10.0 Å².